The summed E-state index contributed by atoms with van der Waals surface area (Å²) in [5.41, 5.74) is 1.91. The van der Waals surface area contributed by atoms with E-state index in [-0.39, 0.29) is 6.10 Å². The van der Waals surface area contributed by atoms with Crippen LogP contribution in [-0.4, -0.2) is 23.3 Å². The first-order valence-corrected chi connectivity index (χ1v) is 6.07. The molecule has 18 heavy (non-hydrogen) atoms. The molecule has 1 atom stereocenters. The Morgan fingerprint density at radius 1 is 1.33 bits per heavy atom. The number of fused-ring (bicyclic) bond motifs is 1. The summed E-state index contributed by atoms with van der Waals surface area (Å²) in [6, 6.07) is 7.61. The lowest BCUT2D eigenvalue weighted by atomic mass is 9.99. The van der Waals surface area contributed by atoms with E-state index < -0.39 is 0 Å². The van der Waals surface area contributed by atoms with E-state index in [4.69, 9.17) is 9.15 Å². The molecular weight excluding hydrogens is 230 g/mol. The van der Waals surface area contributed by atoms with Crippen LogP contribution in [0.4, 0.5) is 0 Å². The van der Waals surface area contributed by atoms with Crippen molar-refractivity contribution in [3.8, 4) is 17.2 Å². The highest BCUT2D eigenvalue weighted by Crippen LogP contribution is 2.28. The number of hydrogen-bond acceptors (Lipinski definition) is 4. The maximum absolute atomic E-state index is 9.60. The van der Waals surface area contributed by atoms with E-state index in [1.165, 1.54) is 0 Å². The van der Waals surface area contributed by atoms with Crippen LogP contribution in [0.5, 0.6) is 5.75 Å². The number of aromatic nitrogens is 1. The number of benzene rings is 1. The molecule has 0 radical (unpaired) electrons. The molecule has 94 valence electrons. The summed E-state index contributed by atoms with van der Waals surface area (Å²) in [5.74, 6) is 2.25. The van der Waals surface area contributed by atoms with Gasteiger partial charge in [-0.15, -0.1) is 0 Å². The third-order valence-electron chi connectivity index (χ3n) is 3.25. The number of ether oxygens (including phenoxy) is 1. The molecule has 1 aromatic heterocycles. The second-order valence-electron chi connectivity index (χ2n) is 4.51. The van der Waals surface area contributed by atoms with Crippen molar-refractivity contribution in [1.29, 1.82) is 0 Å². The molecule has 1 aliphatic carbocycles. The highest BCUT2D eigenvalue weighted by Gasteiger charge is 2.22. The second kappa shape index (κ2) is 4.46. The van der Waals surface area contributed by atoms with Crippen molar-refractivity contribution < 1.29 is 14.3 Å². The number of methoxy groups -OCH3 is 1. The minimum atomic E-state index is -0.297. The molecule has 0 aliphatic heterocycles. The van der Waals surface area contributed by atoms with Crippen molar-refractivity contribution in [1.82, 2.24) is 4.98 Å². The molecule has 1 heterocycles. The topological polar surface area (TPSA) is 55.5 Å². The van der Waals surface area contributed by atoms with E-state index in [0.717, 1.165) is 35.6 Å². The van der Waals surface area contributed by atoms with Gasteiger partial charge in [0.2, 0.25) is 5.89 Å². The summed E-state index contributed by atoms with van der Waals surface area (Å²) in [4.78, 5) is 4.49. The molecule has 0 amide bonds. The number of aliphatic hydroxyl groups is 1. The standard InChI is InChI=1S/C14H15NO3/c1-17-11-5-2-9(3-6-11)14-15-12-7-4-10(16)8-13(12)18-14/h2-3,5-6,10,16H,4,7-8H2,1H3. The maximum Gasteiger partial charge on any atom is 0.226 e. The molecule has 0 saturated heterocycles. The van der Waals surface area contributed by atoms with Crippen molar-refractivity contribution in [2.24, 2.45) is 0 Å². The molecule has 0 saturated carbocycles. The number of aliphatic hydroxyl groups excluding tert-OH is 1. The summed E-state index contributed by atoms with van der Waals surface area (Å²) < 4.78 is 10.8. The van der Waals surface area contributed by atoms with Crippen LogP contribution in [0.2, 0.25) is 0 Å². The van der Waals surface area contributed by atoms with Gasteiger partial charge in [0.25, 0.3) is 0 Å². The van der Waals surface area contributed by atoms with E-state index in [9.17, 15) is 5.11 Å². The van der Waals surface area contributed by atoms with Gasteiger partial charge in [-0.25, -0.2) is 4.98 Å². The van der Waals surface area contributed by atoms with Gasteiger partial charge in [-0.05, 0) is 37.1 Å². The molecule has 1 aromatic carbocycles. The molecule has 1 unspecified atom stereocenters. The van der Waals surface area contributed by atoms with Gasteiger partial charge in [-0.2, -0.15) is 0 Å². The van der Waals surface area contributed by atoms with E-state index in [1.54, 1.807) is 7.11 Å². The first-order valence-electron chi connectivity index (χ1n) is 6.07. The Morgan fingerprint density at radius 3 is 2.83 bits per heavy atom. The molecule has 0 fully saturated rings. The average Bonchev–Trinajstić information content (AvgIpc) is 2.81. The Morgan fingerprint density at radius 2 is 2.11 bits per heavy atom. The van der Waals surface area contributed by atoms with E-state index >= 15 is 0 Å². The normalized spacial score (nSPS) is 18.4. The lowest BCUT2D eigenvalue weighted by Gasteiger charge is -2.13. The molecular formula is C14H15NO3. The first-order chi connectivity index (χ1) is 8.76. The van der Waals surface area contributed by atoms with Crippen LogP contribution < -0.4 is 4.74 Å². The van der Waals surface area contributed by atoms with Gasteiger partial charge in [-0.1, -0.05) is 0 Å². The molecule has 1 aliphatic rings. The third kappa shape index (κ3) is 1.99. The minimum absolute atomic E-state index is 0.297. The molecule has 0 spiro atoms. The zero-order valence-electron chi connectivity index (χ0n) is 10.2. The van der Waals surface area contributed by atoms with Crippen LogP contribution in [0.15, 0.2) is 28.7 Å². The molecule has 4 heteroatoms. The SMILES string of the molecule is COc1ccc(-c2nc3c(o2)CC(O)CC3)cc1. The largest absolute Gasteiger partial charge is 0.497 e. The van der Waals surface area contributed by atoms with Crippen LogP contribution in [0.25, 0.3) is 11.5 Å². The Bertz CT molecular complexity index is 545. The average molecular weight is 245 g/mol. The van der Waals surface area contributed by atoms with Gasteiger partial charge in [0.15, 0.2) is 0 Å². The number of oxazole rings is 1. The maximum atomic E-state index is 9.60. The summed E-state index contributed by atoms with van der Waals surface area (Å²) in [5, 5.41) is 9.60. The second-order valence-corrected chi connectivity index (χ2v) is 4.51. The fourth-order valence-electron chi connectivity index (χ4n) is 2.21. The summed E-state index contributed by atoms with van der Waals surface area (Å²) in [6.07, 6.45) is 1.82. The van der Waals surface area contributed by atoms with Crippen molar-refractivity contribution in [2.45, 2.75) is 25.4 Å². The zero-order valence-corrected chi connectivity index (χ0v) is 10.2. The van der Waals surface area contributed by atoms with Crippen molar-refractivity contribution >= 4 is 0 Å². The molecule has 3 rings (SSSR count). The fraction of sp³-hybridized carbons (Fsp3) is 0.357. The van der Waals surface area contributed by atoms with Gasteiger partial charge >= 0.3 is 0 Å². The Labute approximate surface area is 105 Å². The van der Waals surface area contributed by atoms with Crippen LogP contribution in [0.1, 0.15) is 17.9 Å². The number of nitrogens with zero attached hydrogens (tertiary/aromatic N) is 1. The van der Waals surface area contributed by atoms with Gasteiger partial charge in [-0.3, -0.25) is 0 Å². The van der Waals surface area contributed by atoms with E-state index in [0.29, 0.717) is 12.3 Å². The van der Waals surface area contributed by atoms with E-state index in [2.05, 4.69) is 4.98 Å². The Kier molecular flexibility index (Phi) is 2.80. The lowest BCUT2D eigenvalue weighted by Crippen LogP contribution is -2.17. The van der Waals surface area contributed by atoms with Gasteiger partial charge in [0, 0.05) is 12.0 Å². The predicted octanol–water partition coefficient (Wildman–Crippen LogP) is 2.20. The van der Waals surface area contributed by atoms with Gasteiger partial charge in [0.05, 0.1) is 18.9 Å². The minimum Gasteiger partial charge on any atom is -0.497 e. The smallest absolute Gasteiger partial charge is 0.226 e. The van der Waals surface area contributed by atoms with Crippen LogP contribution in [0.3, 0.4) is 0 Å². The van der Waals surface area contributed by atoms with Crippen LogP contribution in [-0.2, 0) is 12.8 Å². The lowest BCUT2D eigenvalue weighted by molar-refractivity contribution is 0.150. The fourth-order valence-corrected chi connectivity index (χ4v) is 2.21. The summed E-state index contributed by atoms with van der Waals surface area (Å²) >= 11 is 0. The highest BCUT2D eigenvalue weighted by molar-refractivity contribution is 5.55. The van der Waals surface area contributed by atoms with Crippen molar-refractivity contribution in [2.75, 3.05) is 7.11 Å². The van der Waals surface area contributed by atoms with Crippen molar-refractivity contribution in [3.63, 3.8) is 0 Å². The number of aryl methyl sites for hydroxylation is 1. The van der Waals surface area contributed by atoms with E-state index in [1.807, 2.05) is 24.3 Å². The predicted molar refractivity (Wildman–Crippen MR) is 66.5 cm³/mol. The monoisotopic (exact) mass is 245 g/mol. The van der Waals surface area contributed by atoms with Gasteiger partial charge < -0.3 is 14.3 Å². The third-order valence-corrected chi connectivity index (χ3v) is 3.25. The van der Waals surface area contributed by atoms with Crippen LogP contribution in [0, 0.1) is 0 Å². The highest BCUT2D eigenvalue weighted by atomic mass is 16.5. The molecule has 2 aromatic rings. The first kappa shape index (κ1) is 11.3. The molecule has 0 bridgehead atoms. The summed E-state index contributed by atoms with van der Waals surface area (Å²) in [6.45, 7) is 0. The molecule has 1 N–H and O–H groups in total. The number of hydrogen-bond donors (Lipinski definition) is 1. The molecule has 4 nitrogen and oxygen atoms in total. The zero-order chi connectivity index (χ0) is 12.5. The Balaban J connectivity index is 1.92. The van der Waals surface area contributed by atoms with Gasteiger partial charge in [0.1, 0.15) is 11.5 Å². The Hall–Kier alpha value is -1.81. The van der Waals surface area contributed by atoms with Crippen LogP contribution >= 0.6 is 0 Å². The number of rotatable bonds is 2. The summed E-state index contributed by atoms with van der Waals surface area (Å²) in [7, 11) is 1.64. The van der Waals surface area contributed by atoms with Crippen molar-refractivity contribution in [3.05, 3.63) is 35.7 Å². The quantitative estimate of drug-likeness (QED) is 0.881.